The molecule has 1 N–H and O–H groups in total. The molecule has 0 radical (unpaired) electrons. The Bertz CT molecular complexity index is 735. The van der Waals surface area contributed by atoms with Gasteiger partial charge in [-0.05, 0) is 38.5 Å². The molecule has 0 spiro atoms. The topological polar surface area (TPSA) is 46.9 Å². The number of carbonyl (C=O) groups is 1. The van der Waals surface area contributed by atoms with Crippen molar-refractivity contribution in [2.24, 2.45) is 7.05 Å². The van der Waals surface area contributed by atoms with Crippen LogP contribution >= 0.6 is 0 Å². The number of carbonyl (C=O) groups excluding carboxylic acids is 1. The summed E-state index contributed by atoms with van der Waals surface area (Å²) in [6.07, 6.45) is -4.41. The number of alkyl halides is 3. The second-order valence-corrected chi connectivity index (χ2v) is 5.49. The van der Waals surface area contributed by atoms with Gasteiger partial charge in [0.15, 0.2) is 0 Å². The van der Waals surface area contributed by atoms with Crippen LogP contribution in [0, 0.1) is 13.8 Å². The van der Waals surface area contributed by atoms with Crippen LogP contribution in [0.5, 0.6) is 0 Å². The maximum Gasteiger partial charge on any atom is 0.416 e. The maximum atomic E-state index is 12.8. The molecule has 0 bridgehead atoms. The van der Waals surface area contributed by atoms with Crippen LogP contribution in [-0.4, -0.2) is 15.7 Å². The third kappa shape index (κ3) is 3.55. The van der Waals surface area contributed by atoms with Crippen LogP contribution in [-0.2, 0) is 13.2 Å². The number of amides is 1. The molecular weight excluding hydrogens is 307 g/mol. The van der Waals surface area contributed by atoms with Gasteiger partial charge in [-0.15, -0.1) is 0 Å². The van der Waals surface area contributed by atoms with Crippen molar-refractivity contribution in [2.45, 2.75) is 33.0 Å². The van der Waals surface area contributed by atoms with Gasteiger partial charge in [-0.3, -0.25) is 9.48 Å². The third-order valence-corrected chi connectivity index (χ3v) is 3.80. The summed E-state index contributed by atoms with van der Waals surface area (Å²) in [5, 5.41) is 6.89. The van der Waals surface area contributed by atoms with Gasteiger partial charge in [0.1, 0.15) is 0 Å². The van der Waals surface area contributed by atoms with E-state index in [2.05, 4.69) is 10.4 Å². The zero-order valence-electron chi connectivity index (χ0n) is 13.3. The molecule has 0 aliphatic rings. The fourth-order valence-corrected chi connectivity index (χ4v) is 2.44. The van der Waals surface area contributed by atoms with Crippen LogP contribution in [0.3, 0.4) is 0 Å². The Labute approximate surface area is 132 Å². The molecule has 0 aliphatic heterocycles. The summed E-state index contributed by atoms with van der Waals surface area (Å²) >= 11 is 0. The van der Waals surface area contributed by atoms with Crippen molar-refractivity contribution in [3.63, 3.8) is 0 Å². The minimum Gasteiger partial charge on any atom is -0.345 e. The second-order valence-electron chi connectivity index (χ2n) is 5.49. The highest BCUT2D eigenvalue weighted by Crippen LogP contribution is 2.30. The summed E-state index contributed by atoms with van der Waals surface area (Å²) in [7, 11) is 1.73. The summed E-state index contributed by atoms with van der Waals surface area (Å²) in [4.78, 5) is 12.4. The monoisotopic (exact) mass is 325 g/mol. The van der Waals surface area contributed by atoms with Gasteiger partial charge >= 0.3 is 6.18 Å². The van der Waals surface area contributed by atoms with Crippen molar-refractivity contribution in [3.05, 3.63) is 52.3 Å². The quantitative estimate of drug-likeness (QED) is 0.938. The molecule has 7 heteroatoms. The minimum absolute atomic E-state index is 0.349. The van der Waals surface area contributed by atoms with Gasteiger partial charge in [0, 0.05) is 12.7 Å². The van der Waals surface area contributed by atoms with Gasteiger partial charge in [0.25, 0.3) is 5.91 Å². The Balaban J connectivity index is 2.22. The highest BCUT2D eigenvalue weighted by Gasteiger charge is 2.31. The van der Waals surface area contributed by atoms with Crippen molar-refractivity contribution < 1.29 is 18.0 Å². The molecule has 1 atom stereocenters. The molecular formula is C16H18F3N3O. The predicted octanol–water partition coefficient (Wildman–Crippen LogP) is 3.55. The summed E-state index contributed by atoms with van der Waals surface area (Å²) in [5.74, 6) is -0.349. The number of rotatable bonds is 3. The number of aromatic nitrogens is 2. The number of nitrogens with one attached hydrogen (secondary N) is 1. The van der Waals surface area contributed by atoms with Crippen LogP contribution in [0.1, 0.15) is 45.8 Å². The van der Waals surface area contributed by atoms with E-state index in [1.807, 2.05) is 0 Å². The molecule has 1 aromatic heterocycles. The molecule has 23 heavy (non-hydrogen) atoms. The molecule has 0 saturated carbocycles. The first-order valence-corrected chi connectivity index (χ1v) is 7.09. The largest absolute Gasteiger partial charge is 0.416 e. The molecule has 1 aromatic carbocycles. The lowest BCUT2D eigenvalue weighted by molar-refractivity contribution is -0.137. The second kappa shape index (κ2) is 6.06. The highest BCUT2D eigenvalue weighted by molar-refractivity contribution is 5.96. The van der Waals surface area contributed by atoms with Crippen molar-refractivity contribution in [1.29, 1.82) is 0 Å². The molecule has 0 unspecified atom stereocenters. The number of hydrogen-bond donors (Lipinski definition) is 1. The molecule has 0 fully saturated rings. The fourth-order valence-electron chi connectivity index (χ4n) is 2.44. The van der Waals surface area contributed by atoms with Crippen LogP contribution in [0.2, 0.25) is 0 Å². The zero-order valence-corrected chi connectivity index (χ0v) is 13.3. The molecule has 0 saturated heterocycles. The van der Waals surface area contributed by atoms with Gasteiger partial charge in [-0.2, -0.15) is 18.3 Å². The molecule has 2 aromatic rings. The average molecular weight is 325 g/mol. The third-order valence-electron chi connectivity index (χ3n) is 3.80. The van der Waals surface area contributed by atoms with Crippen LogP contribution < -0.4 is 5.32 Å². The predicted molar refractivity (Wildman–Crippen MR) is 80.0 cm³/mol. The van der Waals surface area contributed by atoms with E-state index in [0.29, 0.717) is 22.5 Å². The van der Waals surface area contributed by atoms with Crippen LogP contribution in [0.25, 0.3) is 0 Å². The van der Waals surface area contributed by atoms with Crippen molar-refractivity contribution >= 4 is 5.91 Å². The number of halogens is 3. The van der Waals surface area contributed by atoms with Crippen LogP contribution in [0.4, 0.5) is 13.2 Å². The minimum atomic E-state index is -4.41. The number of aryl methyl sites for hydroxylation is 2. The normalized spacial score (nSPS) is 13.0. The summed E-state index contributed by atoms with van der Waals surface area (Å²) in [6, 6.07) is 4.40. The van der Waals surface area contributed by atoms with Crippen molar-refractivity contribution in [3.8, 4) is 0 Å². The first-order chi connectivity index (χ1) is 10.6. The Morgan fingerprint density at radius 2 is 1.96 bits per heavy atom. The molecule has 0 aliphatic carbocycles. The maximum absolute atomic E-state index is 12.8. The molecule has 1 amide bonds. The standard InChI is InChI=1S/C16H18F3N3O/c1-9(12-6-5-7-13(8-12)16(17,18)19)20-15(23)14-10(2)21-22(4)11(14)3/h5-9H,1-4H3,(H,20,23)/t9-/m0/s1. The summed E-state index contributed by atoms with van der Waals surface area (Å²) in [6.45, 7) is 5.13. The lowest BCUT2D eigenvalue weighted by Gasteiger charge is -2.16. The van der Waals surface area contributed by atoms with Gasteiger partial charge in [0.05, 0.1) is 22.9 Å². The molecule has 1 heterocycles. The van der Waals surface area contributed by atoms with E-state index in [1.165, 1.54) is 6.07 Å². The van der Waals surface area contributed by atoms with E-state index in [4.69, 9.17) is 0 Å². The molecule has 2 rings (SSSR count). The smallest absolute Gasteiger partial charge is 0.345 e. The van der Waals surface area contributed by atoms with E-state index < -0.39 is 17.8 Å². The number of nitrogens with zero attached hydrogens (tertiary/aromatic N) is 2. The highest BCUT2D eigenvalue weighted by atomic mass is 19.4. The fraction of sp³-hybridized carbons (Fsp3) is 0.375. The van der Waals surface area contributed by atoms with Gasteiger partial charge in [-0.25, -0.2) is 0 Å². The lowest BCUT2D eigenvalue weighted by atomic mass is 10.0. The van der Waals surface area contributed by atoms with E-state index in [9.17, 15) is 18.0 Å². The summed E-state index contributed by atoms with van der Waals surface area (Å²) in [5.41, 5.74) is 1.40. The molecule has 124 valence electrons. The van der Waals surface area contributed by atoms with Crippen molar-refractivity contribution in [2.75, 3.05) is 0 Å². The Hall–Kier alpha value is -2.31. The zero-order chi connectivity index (χ0) is 17.4. The lowest BCUT2D eigenvalue weighted by Crippen LogP contribution is -2.27. The Morgan fingerprint density at radius 1 is 1.30 bits per heavy atom. The van der Waals surface area contributed by atoms with Crippen molar-refractivity contribution in [1.82, 2.24) is 15.1 Å². The van der Waals surface area contributed by atoms with E-state index >= 15 is 0 Å². The van der Waals surface area contributed by atoms with Gasteiger partial charge < -0.3 is 5.32 Å². The van der Waals surface area contributed by atoms with Gasteiger partial charge in [0.2, 0.25) is 0 Å². The SMILES string of the molecule is Cc1nn(C)c(C)c1C(=O)N[C@@H](C)c1cccc(C(F)(F)F)c1. The summed E-state index contributed by atoms with van der Waals surface area (Å²) < 4.78 is 39.9. The Kier molecular flexibility index (Phi) is 4.49. The average Bonchev–Trinajstić information content (AvgIpc) is 2.71. The van der Waals surface area contributed by atoms with E-state index in [1.54, 1.807) is 38.6 Å². The van der Waals surface area contributed by atoms with Gasteiger partial charge in [-0.1, -0.05) is 12.1 Å². The number of benzene rings is 1. The van der Waals surface area contributed by atoms with E-state index in [0.717, 1.165) is 12.1 Å². The van der Waals surface area contributed by atoms with E-state index in [-0.39, 0.29) is 5.91 Å². The molecule has 4 nitrogen and oxygen atoms in total. The Morgan fingerprint density at radius 3 is 2.48 bits per heavy atom. The first kappa shape index (κ1) is 17.1. The number of hydrogen-bond acceptors (Lipinski definition) is 2. The first-order valence-electron chi connectivity index (χ1n) is 7.09. The van der Waals surface area contributed by atoms with Crippen LogP contribution in [0.15, 0.2) is 24.3 Å².